The molecule has 2 atom stereocenters. The molecule has 25 heavy (non-hydrogen) atoms. The molecule has 2 aromatic rings. The summed E-state index contributed by atoms with van der Waals surface area (Å²) in [6.45, 7) is 9.85. The van der Waals surface area contributed by atoms with Gasteiger partial charge in [-0.2, -0.15) is 0 Å². The molecule has 2 heterocycles. The van der Waals surface area contributed by atoms with Crippen molar-refractivity contribution in [1.29, 1.82) is 0 Å². The molecule has 1 N–H and O–H groups in total. The third-order valence-electron chi connectivity index (χ3n) is 4.49. The maximum atomic E-state index is 6.02. The predicted octanol–water partition coefficient (Wildman–Crippen LogP) is 1.85. The minimum absolute atomic E-state index is 0.131. The topological polar surface area (TPSA) is 57.3 Å². The number of aromatic nitrogens is 4. The van der Waals surface area contributed by atoms with Gasteiger partial charge in [0.15, 0.2) is 0 Å². The van der Waals surface area contributed by atoms with Gasteiger partial charge >= 0.3 is 0 Å². The van der Waals surface area contributed by atoms with Crippen molar-refractivity contribution in [2.24, 2.45) is 0 Å². The molecule has 0 amide bonds. The van der Waals surface area contributed by atoms with E-state index in [-0.39, 0.29) is 5.54 Å². The third kappa shape index (κ3) is 5.00. The Bertz CT molecular complexity index is 674. The van der Waals surface area contributed by atoms with Crippen LogP contribution in [-0.4, -0.2) is 39.5 Å². The lowest BCUT2D eigenvalue weighted by Crippen LogP contribution is -3.10. The van der Waals surface area contributed by atoms with Gasteiger partial charge in [-0.3, -0.25) is 0 Å². The lowest BCUT2D eigenvalue weighted by atomic mass is 10.1. The van der Waals surface area contributed by atoms with E-state index < -0.39 is 0 Å². The zero-order valence-electron chi connectivity index (χ0n) is 15.2. The first-order chi connectivity index (χ1) is 11.9. The monoisotopic (exact) mass is 364 g/mol. The first kappa shape index (κ1) is 18.3. The minimum Gasteiger partial charge on any atom is -0.372 e. The molecule has 0 spiro atoms. The molecule has 1 aliphatic rings. The van der Waals surface area contributed by atoms with E-state index in [0.29, 0.717) is 6.10 Å². The average Bonchev–Trinajstić information content (AvgIpc) is 3.20. The molecule has 1 saturated heterocycles. The minimum atomic E-state index is -0.131. The summed E-state index contributed by atoms with van der Waals surface area (Å²) < 4.78 is 7.78. The molecule has 0 radical (unpaired) electrons. The second-order valence-electron chi connectivity index (χ2n) is 7.75. The number of hydrogen-bond donors (Lipinski definition) is 1. The van der Waals surface area contributed by atoms with Crippen LogP contribution in [0.2, 0.25) is 5.02 Å². The van der Waals surface area contributed by atoms with E-state index in [0.717, 1.165) is 49.9 Å². The summed E-state index contributed by atoms with van der Waals surface area (Å²) in [5, 5.41) is 13.1. The Kier molecular flexibility index (Phi) is 5.71. The summed E-state index contributed by atoms with van der Waals surface area (Å²) in [5.74, 6) is 0.912. The quantitative estimate of drug-likeness (QED) is 0.849. The number of ether oxygens (including phenoxy) is 1. The van der Waals surface area contributed by atoms with E-state index >= 15 is 0 Å². The number of rotatable bonds is 6. The Morgan fingerprint density at radius 2 is 2.00 bits per heavy atom. The van der Waals surface area contributed by atoms with E-state index in [4.69, 9.17) is 16.3 Å². The van der Waals surface area contributed by atoms with Crippen LogP contribution in [0.25, 0.3) is 0 Å². The largest absolute Gasteiger partial charge is 0.372 e. The number of hydrogen-bond acceptors (Lipinski definition) is 4. The molecule has 1 unspecified atom stereocenters. The van der Waals surface area contributed by atoms with Crippen LogP contribution in [-0.2, 0) is 23.4 Å². The zero-order valence-corrected chi connectivity index (χ0v) is 16.0. The van der Waals surface area contributed by atoms with Crippen LogP contribution in [0.4, 0.5) is 0 Å². The third-order valence-corrected chi connectivity index (χ3v) is 4.74. The van der Waals surface area contributed by atoms with Crippen LogP contribution in [0.3, 0.4) is 0 Å². The molecular weight excluding hydrogens is 338 g/mol. The second-order valence-corrected chi connectivity index (χ2v) is 8.18. The molecule has 0 saturated carbocycles. The van der Waals surface area contributed by atoms with E-state index in [1.807, 2.05) is 16.8 Å². The fourth-order valence-electron chi connectivity index (χ4n) is 3.29. The molecule has 1 aromatic heterocycles. The smallest absolute Gasteiger partial charge is 0.206 e. The van der Waals surface area contributed by atoms with E-state index in [9.17, 15) is 0 Å². The highest BCUT2D eigenvalue weighted by molar-refractivity contribution is 6.30. The van der Waals surface area contributed by atoms with E-state index in [1.54, 1.807) is 0 Å². The van der Waals surface area contributed by atoms with Crippen LogP contribution in [0, 0.1) is 0 Å². The lowest BCUT2D eigenvalue weighted by Gasteiger charge is -2.24. The highest BCUT2D eigenvalue weighted by Gasteiger charge is 2.26. The molecule has 3 rings (SSSR count). The summed E-state index contributed by atoms with van der Waals surface area (Å²) in [5.41, 5.74) is 1.13. The average molecular weight is 365 g/mol. The van der Waals surface area contributed by atoms with Gasteiger partial charge in [0, 0.05) is 17.2 Å². The molecule has 1 fully saturated rings. The fourth-order valence-corrected chi connectivity index (χ4v) is 3.41. The Hall–Kier alpha value is -1.50. The SMILES string of the molecule is CC(C)(C)n1nnnc1C[NH+](Cc1ccc(Cl)cc1)C[C@@H]1CCCO1. The first-order valence-electron chi connectivity index (χ1n) is 8.89. The Labute approximate surface area is 154 Å². The number of quaternary nitrogens is 1. The van der Waals surface area contributed by atoms with E-state index in [2.05, 4.69) is 48.4 Å². The number of benzene rings is 1. The first-order valence-corrected chi connectivity index (χ1v) is 9.27. The molecule has 136 valence electrons. The van der Waals surface area contributed by atoms with Crippen molar-refractivity contribution >= 4 is 11.6 Å². The van der Waals surface area contributed by atoms with Gasteiger partial charge in [-0.25, -0.2) is 4.68 Å². The highest BCUT2D eigenvalue weighted by atomic mass is 35.5. The number of nitrogens with one attached hydrogen (secondary N) is 1. The summed E-state index contributed by atoms with van der Waals surface area (Å²) in [7, 11) is 0. The van der Waals surface area contributed by atoms with Crippen molar-refractivity contribution in [1.82, 2.24) is 20.2 Å². The summed E-state index contributed by atoms with van der Waals surface area (Å²) in [4.78, 5) is 1.40. The number of tetrazole rings is 1. The second kappa shape index (κ2) is 7.81. The molecule has 6 nitrogen and oxygen atoms in total. The Balaban J connectivity index is 1.76. The standard InChI is InChI=1S/C18H26ClN5O/c1-18(2,3)24-17(20-21-22-24)13-23(12-16-5-4-10-25-16)11-14-6-8-15(19)9-7-14/h6-9,16H,4-5,10-13H2,1-3H3/p+1/t16-/m0/s1. The molecule has 0 bridgehead atoms. The van der Waals surface area contributed by atoms with E-state index in [1.165, 1.54) is 10.5 Å². The van der Waals surface area contributed by atoms with Crippen molar-refractivity contribution in [3.63, 3.8) is 0 Å². The maximum Gasteiger partial charge on any atom is 0.206 e. The van der Waals surface area contributed by atoms with Crippen LogP contribution < -0.4 is 4.90 Å². The molecule has 1 aromatic carbocycles. The van der Waals surface area contributed by atoms with Crippen LogP contribution in [0.15, 0.2) is 24.3 Å². The number of halogens is 1. The van der Waals surface area contributed by atoms with Gasteiger partial charge in [-0.1, -0.05) is 23.7 Å². The fraction of sp³-hybridized carbons (Fsp3) is 0.611. The number of nitrogens with zero attached hydrogens (tertiary/aromatic N) is 4. The van der Waals surface area contributed by atoms with Crippen LogP contribution in [0.5, 0.6) is 0 Å². The van der Waals surface area contributed by atoms with Gasteiger partial charge in [0.05, 0.1) is 5.54 Å². The van der Waals surface area contributed by atoms with Gasteiger partial charge in [-0.15, -0.1) is 5.10 Å². The van der Waals surface area contributed by atoms with Crippen molar-refractivity contribution < 1.29 is 9.64 Å². The summed E-state index contributed by atoms with van der Waals surface area (Å²) >= 11 is 6.02. The van der Waals surface area contributed by atoms with Gasteiger partial charge in [0.2, 0.25) is 5.82 Å². The normalized spacial score (nSPS) is 19.3. The molecule has 0 aliphatic carbocycles. The zero-order chi connectivity index (χ0) is 17.9. The Morgan fingerprint density at radius 3 is 2.64 bits per heavy atom. The van der Waals surface area contributed by atoms with Crippen LogP contribution in [0.1, 0.15) is 45.0 Å². The summed E-state index contributed by atoms with van der Waals surface area (Å²) in [6, 6.07) is 8.06. The predicted molar refractivity (Wildman–Crippen MR) is 96.5 cm³/mol. The molecule has 1 aliphatic heterocycles. The molecule has 7 heteroatoms. The van der Waals surface area contributed by atoms with Crippen molar-refractivity contribution in [3.8, 4) is 0 Å². The van der Waals surface area contributed by atoms with Gasteiger partial charge in [-0.05, 0) is 56.2 Å². The van der Waals surface area contributed by atoms with Crippen molar-refractivity contribution in [3.05, 3.63) is 40.7 Å². The Morgan fingerprint density at radius 1 is 1.24 bits per heavy atom. The van der Waals surface area contributed by atoms with Gasteiger partial charge in [0.25, 0.3) is 0 Å². The van der Waals surface area contributed by atoms with Crippen molar-refractivity contribution in [2.45, 2.75) is 58.3 Å². The maximum absolute atomic E-state index is 6.02. The lowest BCUT2D eigenvalue weighted by molar-refractivity contribution is -0.931. The van der Waals surface area contributed by atoms with Gasteiger partial charge in [0.1, 0.15) is 25.7 Å². The van der Waals surface area contributed by atoms with Crippen LogP contribution >= 0.6 is 11.6 Å². The molecular formula is C18H27ClN5O+. The van der Waals surface area contributed by atoms with Crippen molar-refractivity contribution in [2.75, 3.05) is 13.2 Å². The highest BCUT2D eigenvalue weighted by Crippen LogP contribution is 2.14. The van der Waals surface area contributed by atoms with Gasteiger partial charge < -0.3 is 9.64 Å². The summed E-state index contributed by atoms with van der Waals surface area (Å²) in [6.07, 6.45) is 2.61.